The maximum atomic E-state index is 5.22. The Morgan fingerprint density at radius 1 is 1.47 bits per heavy atom. The van der Waals surface area contributed by atoms with E-state index in [1.165, 1.54) is 0 Å². The molecule has 0 aliphatic heterocycles. The fraction of sp³-hybridized carbons (Fsp3) is 0.500. The van der Waals surface area contributed by atoms with Gasteiger partial charge in [-0.25, -0.2) is 0 Å². The lowest BCUT2D eigenvalue weighted by atomic mass is 10.1. The Labute approximate surface area is 108 Å². The molecule has 0 saturated carbocycles. The molecule has 2 unspecified atom stereocenters. The van der Waals surface area contributed by atoms with E-state index >= 15 is 0 Å². The van der Waals surface area contributed by atoms with E-state index < -0.39 is 0 Å². The monoisotopic (exact) mass is 253 g/mol. The van der Waals surface area contributed by atoms with Crippen molar-refractivity contribution in [3.05, 3.63) is 30.1 Å². The molecule has 2 N–H and O–H groups in total. The zero-order chi connectivity index (χ0) is 12.7. The second-order valence-corrected chi connectivity index (χ2v) is 4.39. The maximum absolute atomic E-state index is 5.22. The van der Waals surface area contributed by atoms with Crippen LogP contribution in [0.1, 0.15) is 25.5 Å². The summed E-state index contributed by atoms with van der Waals surface area (Å²) < 4.78 is 5.03. The summed E-state index contributed by atoms with van der Waals surface area (Å²) in [5.74, 6) is 0. The Morgan fingerprint density at radius 3 is 2.82 bits per heavy atom. The van der Waals surface area contributed by atoms with Crippen LogP contribution in [0.5, 0.6) is 0 Å². The number of nitrogens with zero attached hydrogens (tertiary/aromatic N) is 1. The summed E-state index contributed by atoms with van der Waals surface area (Å²) in [5, 5.41) is 7.00. The van der Waals surface area contributed by atoms with Gasteiger partial charge in [-0.05, 0) is 37.7 Å². The summed E-state index contributed by atoms with van der Waals surface area (Å²) in [7, 11) is 1.67. The van der Waals surface area contributed by atoms with Gasteiger partial charge in [-0.1, -0.05) is 6.07 Å². The van der Waals surface area contributed by atoms with Gasteiger partial charge in [0.1, 0.15) is 0 Å². The van der Waals surface area contributed by atoms with E-state index in [1.54, 1.807) is 13.3 Å². The highest BCUT2D eigenvalue weighted by atomic mass is 32.1. The molecule has 0 aromatic carbocycles. The minimum absolute atomic E-state index is 0.137. The number of nitrogens with one attached hydrogen (secondary N) is 2. The third-order valence-electron chi connectivity index (χ3n) is 2.33. The molecular formula is C12H19N3OS. The number of hydrogen-bond donors (Lipinski definition) is 2. The van der Waals surface area contributed by atoms with Gasteiger partial charge in [-0.3, -0.25) is 4.98 Å². The average molecular weight is 253 g/mol. The van der Waals surface area contributed by atoms with Crippen molar-refractivity contribution >= 4 is 17.3 Å². The average Bonchev–Trinajstić information content (AvgIpc) is 2.30. The fourth-order valence-corrected chi connectivity index (χ4v) is 1.85. The number of aromatic nitrogens is 1. The molecule has 0 amide bonds. The van der Waals surface area contributed by atoms with Crippen LogP contribution in [-0.4, -0.2) is 29.9 Å². The first-order valence-corrected chi connectivity index (χ1v) is 6.00. The van der Waals surface area contributed by atoms with E-state index in [1.807, 2.05) is 32.2 Å². The first-order chi connectivity index (χ1) is 8.13. The van der Waals surface area contributed by atoms with E-state index in [-0.39, 0.29) is 12.1 Å². The number of thiocarbonyl (C=S) groups is 1. The highest BCUT2D eigenvalue weighted by molar-refractivity contribution is 7.80. The third kappa shape index (κ3) is 5.10. The van der Waals surface area contributed by atoms with E-state index in [2.05, 4.69) is 15.6 Å². The standard InChI is InChI=1S/C12H19N3OS/c1-9(8-16-3)14-12(17)15-10(2)11-5-4-6-13-7-11/h4-7,9-10H,8H2,1-3H3,(H2,14,15,17). The smallest absolute Gasteiger partial charge is 0.167 e. The van der Waals surface area contributed by atoms with Gasteiger partial charge >= 0.3 is 0 Å². The molecule has 5 heteroatoms. The number of methoxy groups -OCH3 is 1. The Morgan fingerprint density at radius 2 is 2.24 bits per heavy atom. The molecule has 0 fully saturated rings. The molecule has 0 aliphatic carbocycles. The molecule has 94 valence electrons. The second-order valence-electron chi connectivity index (χ2n) is 3.98. The van der Waals surface area contributed by atoms with Crippen LogP contribution >= 0.6 is 12.2 Å². The molecule has 17 heavy (non-hydrogen) atoms. The Kier molecular flexibility index (Phi) is 5.86. The molecule has 1 aromatic heterocycles. The van der Waals surface area contributed by atoms with Crippen molar-refractivity contribution in [3.8, 4) is 0 Å². The van der Waals surface area contributed by atoms with Crippen LogP contribution < -0.4 is 10.6 Å². The predicted octanol–water partition coefficient (Wildman–Crippen LogP) is 1.64. The minimum Gasteiger partial charge on any atom is -0.383 e. The van der Waals surface area contributed by atoms with Gasteiger partial charge < -0.3 is 15.4 Å². The van der Waals surface area contributed by atoms with Crippen LogP contribution in [0, 0.1) is 0 Å². The molecule has 4 nitrogen and oxygen atoms in total. The highest BCUT2D eigenvalue weighted by Gasteiger charge is 2.08. The molecule has 0 bridgehead atoms. The van der Waals surface area contributed by atoms with E-state index in [9.17, 15) is 0 Å². The van der Waals surface area contributed by atoms with Crippen molar-refractivity contribution < 1.29 is 4.74 Å². The Balaban J connectivity index is 2.41. The lowest BCUT2D eigenvalue weighted by Crippen LogP contribution is -2.43. The van der Waals surface area contributed by atoms with Crippen molar-refractivity contribution in [2.75, 3.05) is 13.7 Å². The second kappa shape index (κ2) is 7.19. The maximum Gasteiger partial charge on any atom is 0.167 e. The summed E-state index contributed by atoms with van der Waals surface area (Å²) in [6.07, 6.45) is 3.59. The molecule has 0 saturated heterocycles. The number of pyridine rings is 1. The van der Waals surface area contributed by atoms with Gasteiger partial charge in [0, 0.05) is 25.5 Å². The Hall–Kier alpha value is -1.20. The van der Waals surface area contributed by atoms with Crippen molar-refractivity contribution in [3.63, 3.8) is 0 Å². The van der Waals surface area contributed by atoms with Gasteiger partial charge in [-0.2, -0.15) is 0 Å². The molecule has 1 rings (SSSR count). The van der Waals surface area contributed by atoms with E-state index in [0.29, 0.717) is 11.7 Å². The number of hydrogen-bond acceptors (Lipinski definition) is 3. The van der Waals surface area contributed by atoms with Gasteiger partial charge in [-0.15, -0.1) is 0 Å². The van der Waals surface area contributed by atoms with Crippen LogP contribution in [-0.2, 0) is 4.74 Å². The third-order valence-corrected chi connectivity index (χ3v) is 2.56. The van der Waals surface area contributed by atoms with Gasteiger partial charge in [0.15, 0.2) is 5.11 Å². The minimum atomic E-state index is 0.137. The van der Waals surface area contributed by atoms with Crippen LogP contribution in [0.3, 0.4) is 0 Å². The lowest BCUT2D eigenvalue weighted by Gasteiger charge is -2.20. The highest BCUT2D eigenvalue weighted by Crippen LogP contribution is 2.09. The quantitative estimate of drug-likeness (QED) is 0.781. The van der Waals surface area contributed by atoms with Gasteiger partial charge in [0.25, 0.3) is 0 Å². The van der Waals surface area contributed by atoms with E-state index in [4.69, 9.17) is 17.0 Å². The van der Waals surface area contributed by atoms with Crippen LogP contribution in [0.25, 0.3) is 0 Å². The normalized spacial score (nSPS) is 13.8. The first-order valence-electron chi connectivity index (χ1n) is 5.59. The largest absolute Gasteiger partial charge is 0.383 e. The molecule has 0 radical (unpaired) electrons. The summed E-state index contributed by atoms with van der Waals surface area (Å²) >= 11 is 5.22. The van der Waals surface area contributed by atoms with Crippen molar-refractivity contribution in [1.29, 1.82) is 0 Å². The molecule has 1 aromatic rings. The number of rotatable bonds is 5. The summed E-state index contributed by atoms with van der Waals surface area (Å²) in [5.41, 5.74) is 1.11. The van der Waals surface area contributed by atoms with E-state index in [0.717, 1.165) is 5.56 Å². The topological polar surface area (TPSA) is 46.2 Å². The van der Waals surface area contributed by atoms with Crippen LogP contribution in [0.2, 0.25) is 0 Å². The first kappa shape index (κ1) is 13.9. The Bertz CT molecular complexity index is 345. The number of ether oxygens (including phenoxy) is 1. The molecule has 0 aliphatic rings. The summed E-state index contributed by atoms with van der Waals surface area (Å²) in [4.78, 5) is 4.08. The SMILES string of the molecule is COCC(C)NC(=S)NC(C)c1cccnc1. The molecule has 2 atom stereocenters. The molecular weight excluding hydrogens is 234 g/mol. The zero-order valence-electron chi connectivity index (χ0n) is 10.4. The summed E-state index contributed by atoms with van der Waals surface area (Å²) in [6, 6.07) is 4.27. The molecule has 1 heterocycles. The zero-order valence-corrected chi connectivity index (χ0v) is 11.3. The van der Waals surface area contributed by atoms with Crippen LogP contribution in [0.4, 0.5) is 0 Å². The van der Waals surface area contributed by atoms with Gasteiger partial charge in [0.05, 0.1) is 12.6 Å². The summed E-state index contributed by atoms with van der Waals surface area (Å²) in [6.45, 7) is 4.70. The molecule has 0 spiro atoms. The predicted molar refractivity (Wildman–Crippen MR) is 72.9 cm³/mol. The fourth-order valence-electron chi connectivity index (χ4n) is 1.47. The van der Waals surface area contributed by atoms with Crippen molar-refractivity contribution in [2.45, 2.75) is 25.9 Å². The van der Waals surface area contributed by atoms with Gasteiger partial charge in [0.2, 0.25) is 0 Å². The lowest BCUT2D eigenvalue weighted by molar-refractivity contribution is 0.179. The van der Waals surface area contributed by atoms with Crippen LogP contribution in [0.15, 0.2) is 24.5 Å². The van der Waals surface area contributed by atoms with Crippen molar-refractivity contribution in [1.82, 2.24) is 15.6 Å². The van der Waals surface area contributed by atoms with Crippen molar-refractivity contribution in [2.24, 2.45) is 0 Å².